The molecule has 2 unspecified atom stereocenters. The summed E-state index contributed by atoms with van der Waals surface area (Å²) < 4.78 is 0. The van der Waals surface area contributed by atoms with E-state index in [-0.39, 0.29) is 24.0 Å². The van der Waals surface area contributed by atoms with Crippen LogP contribution in [0.3, 0.4) is 0 Å². The molecule has 2 rings (SSSR count). The van der Waals surface area contributed by atoms with E-state index in [4.69, 9.17) is 5.73 Å². The SMILES string of the molecule is NC1CCCC(C(=O)N2CC[C@H](O)C2)C1. The summed E-state index contributed by atoms with van der Waals surface area (Å²) in [6.07, 6.45) is 4.32. The molecule has 15 heavy (non-hydrogen) atoms. The minimum atomic E-state index is -0.314. The zero-order valence-corrected chi connectivity index (χ0v) is 9.06. The van der Waals surface area contributed by atoms with Crippen LogP contribution in [0.1, 0.15) is 32.1 Å². The molecule has 2 fully saturated rings. The van der Waals surface area contributed by atoms with Crippen molar-refractivity contribution in [2.45, 2.75) is 44.2 Å². The second-order valence-electron chi connectivity index (χ2n) is 4.85. The largest absolute Gasteiger partial charge is 0.391 e. The molecule has 3 atom stereocenters. The van der Waals surface area contributed by atoms with E-state index in [9.17, 15) is 9.90 Å². The van der Waals surface area contributed by atoms with E-state index in [2.05, 4.69) is 0 Å². The number of nitrogens with zero attached hydrogens (tertiary/aromatic N) is 1. The Bertz CT molecular complexity index is 245. The highest BCUT2D eigenvalue weighted by Crippen LogP contribution is 2.26. The first-order chi connectivity index (χ1) is 7.16. The highest BCUT2D eigenvalue weighted by atomic mass is 16.3. The van der Waals surface area contributed by atoms with Gasteiger partial charge < -0.3 is 15.7 Å². The Morgan fingerprint density at radius 3 is 2.73 bits per heavy atom. The summed E-state index contributed by atoms with van der Waals surface area (Å²) in [4.78, 5) is 13.8. The Balaban J connectivity index is 1.89. The molecule has 4 heteroatoms. The molecule has 0 aromatic carbocycles. The molecular formula is C11H20N2O2. The van der Waals surface area contributed by atoms with Crippen LogP contribution in [0, 0.1) is 5.92 Å². The zero-order valence-electron chi connectivity index (χ0n) is 9.06. The third kappa shape index (κ3) is 2.49. The van der Waals surface area contributed by atoms with Crippen LogP contribution in [0.4, 0.5) is 0 Å². The average Bonchev–Trinajstić information content (AvgIpc) is 2.64. The third-order valence-electron chi connectivity index (χ3n) is 3.54. The van der Waals surface area contributed by atoms with Crippen molar-refractivity contribution in [3.63, 3.8) is 0 Å². The fourth-order valence-corrected chi connectivity index (χ4v) is 2.65. The van der Waals surface area contributed by atoms with Crippen LogP contribution >= 0.6 is 0 Å². The lowest BCUT2D eigenvalue weighted by Gasteiger charge is -2.29. The maximum absolute atomic E-state index is 12.1. The van der Waals surface area contributed by atoms with E-state index in [0.29, 0.717) is 13.1 Å². The number of nitrogens with two attached hydrogens (primary N) is 1. The second-order valence-corrected chi connectivity index (χ2v) is 4.85. The summed E-state index contributed by atoms with van der Waals surface area (Å²) in [5.41, 5.74) is 5.87. The third-order valence-corrected chi connectivity index (χ3v) is 3.54. The standard InChI is InChI=1S/C11H20N2O2/c12-9-3-1-2-8(6-9)11(15)13-5-4-10(14)7-13/h8-10,14H,1-7,12H2/t8?,9?,10-/m0/s1. The predicted molar refractivity (Wildman–Crippen MR) is 57.1 cm³/mol. The summed E-state index contributed by atoms with van der Waals surface area (Å²) >= 11 is 0. The fourth-order valence-electron chi connectivity index (χ4n) is 2.65. The molecule has 1 saturated carbocycles. The monoisotopic (exact) mass is 212 g/mol. The van der Waals surface area contributed by atoms with Gasteiger partial charge in [-0.25, -0.2) is 0 Å². The Labute approximate surface area is 90.4 Å². The number of aliphatic hydroxyl groups excluding tert-OH is 1. The van der Waals surface area contributed by atoms with Crippen molar-refractivity contribution in [1.82, 2.24) is 4.90 Å². The van der Waals surface area contributed by atoms with Crippen LogP contribution < -0.4 is 5.73 Å². The number of carbonyl (C=O) groups excluding carboxylic acids is 1. The first kappa shape index (κ1) is 10.9. The molecule has 0 radical (unpaired) electrons. The summed E-state index contributed by atoms with van der Waals surface area (Å²) in [7, 11) is 0. The molecule has 4 nitrogen and oxygen atoms in total. The van der Waals surface area contributed by atoms with Crippen molar-refractivity contribution in [3.8, 4) is 0 Å². The summed E-state index contributed by atoms with van der Waals surface area (Å²) in [6, 6.07) is 0.195. The molecule has 0 bridgehead atoms. The summed E-state index contributed by atoms with van der Waals surface area (Å²) in [5.74, 6) is 0.320. The lowest BCUT2D eigenvalue weighted by molar-refractivity contribution is -0.136. The average molecular weight is 212 g/mol. The number of amides is 1. The lowest BCUT2D eigenvalue weighted by Crippen LogP contribution is -2.39. The van der Waals surface area contributed by atoms with Crippen molar-refractivity contribution in [2.24, 2.45) is 11.7 Å². The van der Waals surface area contributed by atoms with E-state index >= 15 is 0 Å². The molecule has 1 heterocycles. The maximum atomic E-state index is 12.1. The number of hydrogen-bond acceptors (Lipinski definition) is 3. The Morgan fingerprint density at radius 2 is 2.13 bits per heavy atom. The number of hydrogen-bond donors (Lipinski definition) is 2. The van der Waals surface area contributed by atoms with Crippen molar-refractivity contribution in [1.29, 1.82) is 0 Å². The summed E-state index contributed by atoms with van der Waals surface area (Å²) in [5, 5.41) is 9.38. The molecule has 0 aromatic rings. The van der Waals surface area contributed by atoms with Crippen LogP contribution in [-0.2, 0) is 4.79 Å². The number of likely N-dealkylation sites (tertiary alicyclic amines) is 1. The van der Waals surface area contributed by atoms with Gasteiger partial charge in [0.1, 0.15) is 0 Å². The van der Waals surface area contributed by atoms with Crippen LogP contribution in [-0.4, -0.2) is 41.1 Å². The fraction of sp³-hybridized carbons (Fsp3) is 0.909. The molecule has 1 saturated heterocycles. The van der Waals surface area contributed by atoms with E-state index < -0.39 is 0 Å². The molecule has 0 spiro atoms. The Morgan fingerprint density at radius 1 is 1.33 bits per heavy atom. The number of carbonyl (C=O) groups is 1. The normalized spacial score (nSPS) is 36.9. The van der Waals surface area contributed by atoms with Gasteiger partial charge in [-0.3, -0.25) is 4.79 Å². The van der Waals surface area contributed by atoms with Crippen molar-refractivity contribution in [3.05, 3.63) is 0 Å². The molecule has 1 amide bonds. The van der Waals surface area contributed by atoms with Gasteiger partial charge >= 0.3 is 0 Å². The maximum Gasteiger partial charge on any atom is 0.225 e. The van der Waals surface area contributed by atoms with E-state index in [1.807, 2.05) is 0 Å². The van der Waals surface area contributed by atoms with Crippen LogP contribution in [0.15, 0.2) is 0 Å². The minimum absolute atomic E-state index is 0.110. The van der Waals surface area contributed by atoms with Gasteiger partial charge in [-0.15, -0.1) is 0 Å². The first-order valence-corrected chi connectivity index (χ1v) is 5.89. The smallest absolute Gasteiger partial charge is 0.225 e. The molecule has 1 aliphatic heterocycles. The number of β-amino-alcohol motifs (C(OH)–C–C–N with tert-alkyl or cyclic N) is 1. The molecular weight excluding hydrogens is 192 g/mol. The molecule has 86 valence electrons. The van der Waals surface area contributed by atoms with Crippen LogP contribution in [0.2, 0.25) is 0 Å². The second kappa shape index (κ2) is 4.49. The van der Waals surface area contributed by atoms with Gasteiger partial charge in [-0.1, -0.05) is 6.42 Å². The van der Waals surface area contributed by atoms with Crippen molar-refractivity contribution < 1.29 is 9.90 Å². The molecule has 2 aliphatic rings. The molecule has 1 aliphatic carbocycles. The topological polar surface area (TPSA) is 66.6 Å². The van der Waals surface area contributed by atoms with Crippen molar-refractivity contribution >= 4 is 5.91 Å². The lowest BCUT2D eigenvalue weighted by atomic mass is 9.85. The predicted octanol–water partition coefficient (Wildman–Crippen LogP) is 0.0971. The van der Waals surface area contributed by atoms with E-state index in [1.54, 1.807) is 4.90 Å². The number of rotatable bonds is 1. The first-order valence-electron chi connectivity index (χ1n) is 5.89. The molecule has 3 N–H and O–H groups in total. The van der Waals surface area contributed by atoms with Gasteiger partial charge in [0.15, 0.2) is 0 Å². The van der Waals surface area contributed by atoms with Gasteiger partial charge in [-0.2, -0.15) is 0 Å². The zero-order chi connectivity index (χ0) is 10.8. The van der Waals surface area contributed by atoms with Gasteiger partial charge in [-0.05, 0) is 25.7 Å². The quantitative estimate of drug-likeness (QED) is 0.647. The van der Waals surface area contributed by atoms with Gasteiger partial charge in [0.25, 0.3) is 0 Å². The highest BCUT2D eigenvalue weighted by Gasteiger charge is 2.32. The van der Waals surface area contributed by atoms with Gasteiger partial charge in [0, 0.05) is 25.0 Å². The van der Waals surface area contributed by atoms with Crippen LogP contribution in [0.5, 0.6) is 0 Å². The van der Waals surface area contributed by atoms with Crippen LogP contribution in [0.25, 0.3) is 0 Å². The number of aliphatic hydroxyl groups is 1. The Hall–Kier alpha value is -0.610. The molecule has 0 aromatic heterocycles. The van der Waals surface area contributed by atoms with Gasteiger partial charge in [0.2, 0.25) is 5.91 Å². The highest BCUT2D eigenvalue weighted by molar-refractivity contribution is 5.79. The van der Waals surface area contributed by atoms with Crippen molar-refractivity contribution in [2.75, 3.05) is 13.1 Å². The van der Waals surface area contributed by atoms with E-state index in [1.165, 1.54) is 0 Å². The van der Waals surface area contributed by atoms with E-state index in [0.717, 1.165) is 32.1 Å². The van der Waals surface area contributed by atoms with Gasteiger partial charge in [0.05, 0.1) is 6.10 Å². The Kier molecular flexibility index (Phi) is 3.26. The summed E-state index contributed by atoms with van der Waals surface area (Å²) in [6.45, 7) is 1.23. The minimum Gasteiger partial charge on any atom is -0.391 e.